The lowest BCUT2D eigenvalue weighted by Gasteiger charge is -2.15. The Labute approximate surface area is 238 Å². The lowest BCUT2D eigenvalue weighted by atomic mass is 10.1. The minimum atomic E-state index is 0.154. The first kappa shape index (κ1) is 27.8. The van der Waals surface area contributed by atoms with Gasteiger partial charge in [0, 0.05) is 20.1 Å². The number of hydrogen-bond donors (Lipinski definition) is 1. The summed E-state index contributed by atoms with van der Waals surface area (Å²) in [7, 11) is 1.72. The van der Waals surface area contributed by atoms with Crippen LogP contribution in [-0.4, -0.2) is 39.2 Å². The van der Waals surface area contributed by atoms with Gasteiger partial charge in [-0.15, -0.1) is 0 Å². The molecule has 0 unspecified atom stereocenters. The van der Waals surface area contributed by atoms with Crippen LogP contribution in [0.4, 0.5) is 0 Å². The molecule has 0 bridgehead atoms. The molecule has 0 amide bonds. The number of ketones is 1. The molecule has 0 heterocycles. The van der Waals surface area contributed by atoms with Crippen LogP contribution >= 0.6 is 90.4 Å². The van der Waals surface area contributed by atoms with Crippen molar-refractivity contribution in [2.75, 3.05) is 33.4 Å². The van der Waals surface area contributed by atoms with E-state index in [-0.39, 0.29) is 5.78 Å². The second-order valence-corrected chi connectivity index (χ2v) is 11.5. The highest BCUT2D eigenvalue weighted by molar-refractivity contribution is 14.1. The van der Waals surface area contributed by atoms with Gasteiger partial charge < -0.3 is 19.5 Å². The SMILES string of the molecule is COCCCNCCCOc1c(I)cc(Oc2c(I)cc(CC(C)=O)cc2I)cc1I. The fourth-order valence-corrected chi connectivity index (χ4v) is 6.93. The highest BCUT2D eigenvalue weighted by Crippen LogP contribution is 2.37. The number of nitrogens with one attached hydrogen (secondary N) is 1. The number of Topliss-reactive ketones (excluding diaryl/α,β-unsaturated/α-hetero) is 1. The molecule has 0 fully saturated rings. The molecule has 0 radical (unpaired) electrons. The second-order valence-electron chi connectivity index (χ2n) is 6.88. The minimum absolute atomic E-state index is 0.154. The zero-order chi connectivity index (χ0) is 22.8. The summed E-state index contributed by atoms with van der Waals surface area (Å²) in [5, 5.41) is 3.39. The Bertz CT molecular complexity index is 846. The molecule has 0 aromatic heterocycles. The molecule has 0 spiro atoms. The van der Waals surface area contributed by atoms with Crippen LogP contribution in [-0.2, 0) is 16.0 Å². The zero-order valence-corrected chi connectivity index (χ0v) is 26.0. The Balaban J connectivity index is 1.97. The van der Waals surface area contributed by atoms with Crippen molar-refractivity contribution in [1.82, 2.24) is 5.32 Å². The maximum Gasteiger partial charge on any atom is 0.154 e. The van der Waals surface area contributed by atoms with Crippen LogP contribution in [0.15, 0.2) is 24.3 Å². The van der Waals surface area contributed by atoms with Crippen molar-refractivity contribution in [3.05, 3.63) is 44.1 Å². The Kier molecular flexibility index (Phi) is 13.2. The summed E-state index contributed by atoms with van der Waals surface area (Å²) in [5.41, 5.74) is 1.01. The lowest BCUT2D eigenvalue weighted by Crippen LogP contribution is -2.19. The van der Waals surface area contributed by atoms with Gasteiger partial charge in [0.2, 0.25) is 0 Å². The minimum Gasteiger partial charge on any atom is -0.491 e. The van der Waals surface area contributed by atoms with E-state index in [0.29, 0.717) is 13.0 Å². The first-order chi connectivity index (χ1) is 14.8. The molecule has 1 N–H and O–H groups in total. The van der Waals surface area contributed by atoms with E-state index in [0.717, 1.165) is 69.6 Å². The standard InChI is InChI=1S/C22H25I4NO4/c1-14(28)9-15-10-17(23)22(18(24)11-15)31-16-12-19(25)21(20(26)13-16)30-8-4-6-27-5-3-7-29-2/h10-13,27H,3-9H2,1-2H3. The van der Waals surface area contributed by atoms with E-state index in [1.54, 1.807) is 14.0 Å². The summed E-state index contributed by atoms with van der Waals surface area (Å²) in [5.74, 6) is 2.64. The number of hydrogen-bond acceptors (Lipinski definition) is 5. The van der Waals surface area contributed by atoms with Gasteiger partial charge in [-0.2, -0.15) is 0 Å². The molecule has 0 saturated heterocycles. The number of carbonyl (C=O) groups excluding carboxylic acids is 1. The van der Waals surface area contributed by atoms with Crippen LogP contribution in [0.3, 0.4) is 0 Å². The van der Waals surface area contributed by atoms with Crippen LogP contribution in [0.5, 0.6) is 17.2 Å². The Morgan fingerprint density at radius 3 is 1.97 bits per heavy atom. The van der Waals surface area contributed by atoms with E-state index in [1.807, 2.05) is 24.3 Å². The third kappa shape index (κ3) is 9.74. The average molecular weight is 875 g/mol. The quantitative estimate of drug-likeness (QED) is 0.186. The largest absolute Gasteiger partial charge is 0.491 e. The van der Waals surface area contributed by atoms with E-state index in [1.165, 1.54) is 0 Å². The van der Waals surface area contributed by atoms with Crippen molar-refractivity contribution < 1.29 is 19.0 Å². The topological polar surface area (TPSA) is 56.8 Å². The third-order valence-electron chi connectivity index (χ3n) is 4.15. The van der Waals surface area contributed by atoms with Gasteiger partial charge in [0.15, 0.2) is 5.75 Å². The van der Waals surface area contributed by atoms with Gasteiger partial charge in [0.05, 0.1) is 20.9 Å². The molecule has 31 heavy (non-hydrogen) atoms. The molecule has 2 aromatic carbocycles. The van der Waals surface area contributed by atoms with Crippen molar-refractivity contribution in [2.24, 2.45) is 0 Å². The molecular formula is C22H25I4NO4. The highest BCUT2D eigenvalue weighted by Gasteiger charge is 2.14. The molecule has 2 rings (SSSR count). The van der Waals surface area contributed by atoms with Crippen molar-refractivity contribution in [3.8, 4) is 17.2 Å². The van der Waals surface area contributed by atoms with Crippen molar-refractivity contribution >= 4 is 96.1 Å². The Morgan fingerprint density at radius 1 is 0.871 bits per heavy atom. The first-order valence-corrected chi connectivity index (χ1v) is 14.1. The van der Waals surface area contributed by atoms with E-state index in [4.69, 9.17) is 14.2 Å². The molecule has 0 atom stereocenters. The highest BCUT2D eigenvalue weighted by atomic mass is 127. The van der Waals surface area contributed by atoms with Crippen LogP contribution in [0, 0.1) is 14.3 Å². The first-order valence-electron chi connectivity index (χ1n) is 9.78. The summed E-state index contributed by atoms with van der Waals surface area (Å²) in [4.78, 5) is 11.4. The lowest BCUT2D eigenvalue weighted by molar-refractivity contribution is -0.116. The molecule has 9 heteroatoms. The number of halogens is 4. The van der Waals surface area contributed by atoms with Crippen LogP contribution in [0.2, 0.25) is 0 Å². The summed E-state index contributed by atoms with van der Waals surface area (Å²) in [6, 6.07) is 8.01. The van der Waals surface area contributed by atoms with E-state index in [2.05, 4.69) is 95.7 Å². The summed E-state index contributed by atoms with van der Waals surface area (Å²) in [6.07, 6.45) is 2.41. The number of ether oxygens (including phenoxy) is 3. The zero-order valence-electron chi connectivity index (χ0n) is 17.4. The van der Waals surface area contributed by atoms with E-state index < -0.39 is 0 Å². The normalized spacial score (nSPS) is 10.9. The summed E-state index contributed by atoms with van der Waals surface area (Å²) in [6.45, 7) is 4.94. The average Bonchev–Trinajstić information content (AvgIpc) is 2.68. The van der Waals surface area contributed by atoms with Crippen LogP contribution in [0.25, 0.3) is 0 Å². The van der Waals surface area contributed by atoms with E-state index >= 15 is 0 Å². The number of carbonyl (C=O) groups is 1. The molecule has 0 aliphatic heterocycles. The molecule has 2 aromatic rings. The van der Waals surface area contributed by atoms with Crippen molar-refractivity contribution in [3.63, 3.8) is 0 Å². The maximum absolute atomic E-state index is 11.4. The number of rotatable bonds is 13. The monoisotopic (exact) mass is 875 g/mol. The van der Waals surface area contributed by atoms with Crippen LogP contribution in [0.1, 0.15) is 25.3 Å². The summed E-state index contributed by atoms with van der Waals surface area (Å²) >= 11 is 9.11. The van der Waals surface area contributed by atoms with Gasteiger partial charge in [0.25, 0.3) is 0 Å². The van der Waals surface area contributed by atoms with Crippen molar-refractivity contribution in [2.45, 2.75) is 26.2 Å². The molecule has 0 saturated carbocycles. The van der Waals surface area contributed by atoms with Gasteiger partial charge in [-0.05, 0) is 153 Å². The third-order valence-corrected chi connectivity index (χ3v) is 7.35. The molecular weight excluding hydrogens is 850 g/mol. The Hall–Kier alpha value is 0.550. The fraction of sp³-hybridized carbons (Fsp3) is 0.409. The maximum atomic E-state index is 11.4. The Morgan fingerprint density at radius 2 is 1.42 bits per heavy atom. The molecule has 170 valence electrons. The van der Waals surface area contributed by atoms with E-state index in [9.17, 15) is 4.79 Å². The molecule has 0 aliphatic rings. The predicted molar refractivity (Wildman–Crippen MR) is 158 cm³/mol. The smallest absolute Gasteiger partial charge is 0.154 e. The van der Waals surface area contributed by atoms with Crippen LogP contribution < -0.4 is 14.8 Å². The number of benzene rings is 2. The summed E-state index contributed by atoms with van der Waals surface area (Å²) < 4.78 is 21.3. The van der Waals surface area contributed by atoms with Gasteiger partial charge in [-0.1, -0.05) is 0 Å². The van der Waals surface area contributed by atoms with Crippen molar-refractivity contribution in [1.29, 1.82) is 0 Å². The van der Waals surface area contributed by atoms with Gasteiger partial charge >= 0.3 is 0 Å². The van der Waals surface area contributed by atoms with Gasteiger partial charge in [0.1, 0.15) is 17.3 Å². The molecule has 5 nitrogen and oxygen atoms in total. The second kappa shape index (κ2) is 14.7. The molecule has 0 aliphatic carbocycles. The van der Waals surface area contributed by atoms with Gasteiger partial charge in [-0.25, -0.2) is 0 Å². The van der Waals surface area contributed by atoms with Gasteiger partial charge in [-0.3, -0.25) is 4.79 Å². The predicted octanol–water partition coefficient (Wildman–Crippen LogP) is 6.42. The number of methoxy groups -OCH3 is 1. The fourth-order valence-electron chi connectivity index (χ4n) is 2.79.